The van der Waals surface area contributed by atoms with Gasteiger partial charge in [0.05, 0.1) is 5.69 Å². The van der Waals surface area contributed by atoms with Crippen molar-refractivity contribution in [1.29, 1.82) is 0 Å². The van der Waals surface area contributed by atoms with E-state index in [1.165, 1.54) is 0 Å². The fourth-order valence-electron chi connectivity index (χ4n) is 2.80. The summed E-state index contributed by atoms with van der Waals surface area (Å²) in [5, 5.41) is 2.94. The Kier molecular flexibility index (Phi) is 4.25. The van der Waals surface area contributed by atoms with Crippen LogP contribution in [-0.4, -0.2) is 25.0 Å². The molecule has 0 aromatic heterocycles. The summed E-state index contributed by atoms with van der Waals surface area (Å²) in [6.45, 7) is 3.75. The summed E-state index contributed by atoms with van der Waals surface area (Å²) in [5.41, 5.74) is 3.06. The van der Waals surface area contributed by atoms with Crippen LogP contribution in [0.4, 0.5) is 11.4 Å². The van der Waals surface area contributed by atoms with E-state index in [-0.39, 0.29) is 11.8 Å². The Morgan fingerprint density at radius 2 is 2.00 bits per heavy atom. The summed E-state index contributed by atoms with van der Waals surface area (Å²) < 4.78 is 5.63. The van der Waals surface area contributed by atoms with Crippen molar-refractivity contribution in [2.75, 3.05) is 17.3 Å². The molecule has 2 amide bonds. The van der Waals surface area contributed by atoms with Gasteiger partial charge < -0.3 is 15.0 Å². The standard InChI is InChI=1S/C19H20N2O3/c1-4-13-7-5-6-8-15(13)20-18(22)14-9-10-16-17(11-14)24-12(2)19(23)21(16)3/h5-12H,4H2,1-3H3,(H,20,22). The fraction of sp³-hybridized carbons (Fsp3) is 0.263. The predicted molar refractivity (Wildman–Crippen MR) is 93.7 cm³/mol. The summed E-state index contributed by atoms with van der Waals surface area (Å²) in [4.78, 5) is 26.0. The summed E-state index contributed by atoms with van der Waals surface area (Å²) in [5.74, 6) is 0.243. The molecule has 1 unspecified atom stereocenters. The number of nitrogens with zero attached hydrogens (tertiary/aromatic N) is 1. The van der Waals surface area contributed by atoms with Crippen LogP contribution in [-0.2, 0) is 11.2 Å². The molecular formula is C19H20N2O3. The molecule has 1 aliphatic heterocycles. The van der Waals surface area contributed by atoms with Gasteiger partial charge in [0.1, 0.15) is 5.75 Å². The number of carbonyl (C=O) groups excluding carboxylic acids is 2. The minimum atomic E-state index is -0.554. The van der Waals surface area contributed by atoms with Gasteiger partial charge in [0.2, 0.25) is 0 Å². The summed E-state index contributed by atoms with van der Waals surface area (Å²) in [6.07, 6.45) is 0.287. The van der Waals surface area contributed by atoms with Crippen LogP contribution >= 0.6 is 0 Å². The lowest BCUT2D eigenvalue weighted by Crippen LogP contribution is -2.42. The second-order valence-corrected chi connectivity index (χ2v) is 5.80. The Bertz CT molecular complexity index is 801. The number of rotatable bonds is 3. The maximum Gasteiger partial charge on any atom is 0.267 e. The topological polar surface area (TPSA) is 58.6 Å². The number of anilines is 2. The molecule has 2 aromatic rings. The molecule has 24 heavy (non-hydrogen) atoms. The quantitative estimate of drug-likeness (QED) is 0.943. The molecule has 2 aromatic carbocycles. The smallest absolute Gasteiger partial charge is 0.267 e. The van der Waals surface area contributed by atoms with Crippen LogP contribution in [0.25, 0.3) is 0 Å². The normalized spacial score (nSPS) is 16.4. The van der Waals surface area contributed by atoms with Gasteiger partial charge in [-0.2, -0.15) is 0 Å². The third-order valence-electron chi connectivity index (χ3n) is 4.21. The minimum absolute atomic E-state index is 0.100. The van der Waals surface area contributed by atoms with E-state index in [1.54, 1.807) is 37.1 Å². The molecule has 0 spiro atoms. The molecule has 0 fully saturated rings. The average molecular weight is 324 g/mol. The van der Waals surface area contributed by atoms with Crippen molar-refractivity contribution in [2.45, 2.75) is 26.4 Å². The van der Waals surface area contributed by atoms with Gasteiger partial charge in [0, 0.05) is 18.3 Å². The molecule has 1 N–H and O–H groups in total. The van der Waals surface area contributed by atoms with Crippen LogP contribution in [0, 0.1) is 0 Å². The van der Waals surface area contributed by atoms with Crippen molar-refractivity contribution >= 4 is 23.2 Å². The average Bonchev–Trinajstić information content (AvgIpc) is 2.59. The molecule has 0 aliphatic carbocycles. The maximum atomic E-state index is 12.5. The third kappa shape index (κ3) is 2.85. The Balaban J connectivity index is 1.87. The molecule has 3 rings (SSSR count). The van der Waals surface area contributed by atoms with Gasteiger partial charge in [0.25, 0.3) is 11.8 Å². The molecule has 0 radical (unpaired) electrons. The highest BCUT2D eigenvalue weighted by Crippen LogP contribution is 2.34. The number of carbonyl (C=O) groups is 2. The first-order valence-electron chi connectivity index (χ1n) is 7.98. The lowest BCUT2D eigenvalue weighted by molar-refractivity contribution is -0.125. The largest absolute Gasteiger partial charge is 0.479 e. The third-order valence-corrected chi connectivity index (χ3v) is 4.21. The summed E-state index contributed by atoms with van der Waals surface area (Å²) in [7, 11) is 1.71. The van der Waals surface area contributed by atoms with Crippen LogP contribution in [0.1, 0.15) is 29.8 Å². The van der Waals surface area contributed by atoms with Crippen molar-refractivity contribution in [3.63, 3.8) is 0 Å². The van der Waals surface area contributed by atoms with E-state index < -0.39 is 6.10 Å². The second-order valence-electron chi connectivity index (χ2n) is 5.80. The molecule has 1 atom stereocenters. The lowest BCUT2D eigenvalue weighted by atomic mass is 10.1. The van der Waals surface area contributed by atoms with Crippen molar-refractivity contribution in [2.24, 2.45) is 0 Å². The van der Waals surface area contributed by atoms with Gasteiger partial charge in [0.15, 0.2) is 6.10 Å². The van der Waals surface area contributed by atoms with E-state index in [4.69, 9.17) is 4.74 Å². The molecule has 124 valence electrons. The number of fused-ring (bicyclic) bond motifs is 1. The minimum Gasteiger partial charge on any atom is -0.479 e. The Morgan fingerprint density at radius 3 is 2.75 bits per heavy atom. The zero-order valence-corrected chi connectivity index (χ0v) is 14.0. The number of likely N-dealkylation sites (N-methyl/N-ethyl adjacent to an activating group) is 1. The Morgan fingerprint density at radius 1 is 1.25 bits per heavy atom. The van der Waals surface area contributed by atoms with Gasteiger partial charge in [-0.05, 0) is 43.2 Å². The molecule has 1 aliphatic rings. The molecule has 5 nitrogen and oxygen atoms in total. The molecule has 0 bridgehead atoms. The van der Waals surface area contributed by atoms with Gasteiger partial charge in [-0.15, -0.1) is 0 Å². The number of amides is 2. The number of nitrogens with one attached hydrogen (secondary N) is 1. The molecular weight excluding hydrogens is 304 g/mol. The highest BCUT2D eigenvalue weighted by molar-refractivity contribution is 6.06. The fourth-order valence-corrected chi connectivity index (χ4v) is 2.80. The molecule has 0 saturated carbocycles. The number of hydrogen-bond acceptors (Lipinski definition) is 3. The lowest BCUT2D eigenvalue weighted by Gasteiger charge is -2.30. The van der Waals surface area contributed by atoms with Crippen molar-refractivity contribution in [1.82, 2.24) is 0 Å². The van der Waals surface area contributed by atoms with E-state index >= 15 is 0 Å². The number of hydrogen-bond donors (Lipinski definition) is 1. The van der Waals surface area contributed by atoms with Gasteiger partial charge in [-0.1, -0.05) is 25.1 Å². The zero-order chi connectivity index (χ0) is 17.3. The first kappa shape index (κ1) is 16.1. The molecule has 0 saturated heterocycles. The molecule has 1 heterocycles. The number of para-hydroxylation sites is 1. The van der Waals surface area contributed by atoms with E-state index in [1.807, 2.05) is 31.2 Å². The van der Waals surface area contributed by atoms with Gasteiger partial charge in [-0.25, -0.2) is 0 Å². The Hall–Kier alpha value is -2.82. The van der Waals surface area contributed by atoms with Crippen LogP contribution in [0.3, 0.4) is 0 Å². The maximum absolute atomic E-state index is 12.5. The summed E-state index contributed by atoms with van der Waals surface area (Å²) >= 11 is 0. The van der Waals surface area contributed by atoms with Gasteiger partial charge in [-0.3, -0.25) is 9.59 Å². The van der Waals surface area contributed by atoms with Crippen LogP contribution < -0.4 is 15.0 Å². The number of ether oxygens (including phenoxy) is 1. The molecule has 5 heteroatoms. The van der Waals surface area contributed by atoms with Crippen molar-refractivity contribution in [3.8, 4) is 5.75 Å². The van der Waals surface area contributed by atoms with Gasteiger partial charge >= 0.3 is 0 Å². The van der Waals surface area contributed by atoms with Crippen LogP contribution in [0.15, 0.2) is 42.5 Å². The van der Waals surface area contributed by atoms with E-state index in [2.05, 4.69) is 5.32 Å². The Labute approximate surface area is 141 Å². The highest BCUT2D eigenvalue weighted by atomic mass is 16.5. The first-order valence-corrected chi connectivity index (χ1v) is 7.98. The number of aryl methyl sites for hydroxylation is 1. The summed E-state index contributed by atoms with van der Waals surface area (Å²) in [6, 6.07) is 12.8. The second kappa shape index (κ2) is 6.35. The number of benzene rings is 2. The van der Waals surface area contributed by atoms with Crippen LogP contribution in [0.5, 0.6) is 5.75 Å². The SMILES string of the molecule is CCc1ccccc1NC(=O)c1ccc2c(c1)OC(C)C(=O)N2C. The van der Waals surface area contributed by atoms with E-state index in [9.17, 15) is 9.59 Å². The highest BCUT2D eigenvalue weighted by Gasteiger charge is 2.29. The van der Waals surface area contributed by atoms with Crippen LogP contribution in [0.2, 0.25) is 0 Å². The van der Waals surface area contributed by atoms with Crippen molar-refractivity contribution in [3.05, 3.63) is 53.6 Å². The monoisotopic (exact) mass is 324 g/mol. The first-order chi connectivity index (χ1) is 11.5. The zero-order valence-electron chi connectivity index (χ0n) is 14.0. The van der Waals surface area contributed by atoms with E-state index in [0.717, 1.165) is 17.7 Å². The van der Waals surface area contributed by atoms with E-state index in [0.29, 0.717) is 17.0 Å². The van der Waals surface area contributed by atoms with Crippen molar-refractivity contribution < 1.29 is 14.3 Å². The predicted octanol–water partition coefficient (Wildman–Crippen LogP) is 3.25.